The van der Waals surface area contributed by atoms with E-state index < -0.39 is 0 Å². The van der Waals surface area contributed by atoms with Crippen molar-refractivity contribution in [1.82, 2.24) is 0 Å². The Labute approximate surface area is 131 Å². The average molecular weight is 295 g/mol. The molecule has 3 nitrogen and oxygen atoms in total. The maximum atomic E-state index is 13.1. The number of para-hydroxylation sites is 1. The summed E-state index contributed by atoms with van der Waals surface area (Å²) in [6.07, 6.45) is 7.70. The summed E-state index contributed by atoms with van der Waals surface area (Å²) >= 11 is 0. The highest BCUT2D eigenvalue weighted by Crippen LogP contribution is 2.72. The van der Waals surface area contributed by atoms with E-state index in [0.29, 0.717) is 35.3 Å². The molecule has 114 valence electrons. The standard InChI is InChI=1S/C19H21NO2/c1-12-5-3-4-6-16(12)20(11-21)18(22)17-13(2)14-7-8-15(17)19(14)9-10-19/h3-8,11,13-15,17H,9-10H2,1-2H3/t13-,14-,15-,17-/m1/s1. The van der Waals surface area contributed by atoms with E-state index in [1.807, 2.05) is 31.2 Å². The van der Waals surface area contributed by atoms with Crippen LogP contribution in [-0.4, -0.2) is 12.3 Å². The Balaban J connectivity index is 1.68. The van der Waals surface area contributed by atoms with Crippen molar-refractivity contribution >= 4 is 18.0 Å². The number of rotatable bonds is 3. The first kappa shape index (κ1) is 13.7. The van der Waals surface area contributed by atoms with Crippen molar-refractivity contribution in [2.75, 3.05) is 4.90 Å². The Kier molecular flexibility index (Phi) is 2.84. The van der Waals surface area contributed by atoms with Gasteiger partial charge in [0.25, 0.3) is 0 Å². The predicted octanol–water partition coefficient (Wildman–Crippen LogP) is 3.33. The van der Waals surface area contributed by atoms with E-state index in [2.05, 4.69) is 19.1 Å². The Morgan fingerprint density at radius 1 is 1.23 bits per heavy atom. The first-order chi connectivity index (χ1) is 10.6. The Morgan fingerprint density at radius 2 is 1.91 bits per heavy atom. The number of anilines is 1. The number of nitrogens with zero attached hydrogens (tertiary/aromatic N) is 1. The lowest BCUT2D eigenvalue weighted by atomic mass is 9.83. The third-order valence-electron chi connectivity index (χ3n) is 6.20. The molecule has 3 aliphatic carbocycles. The molecule has 1 spiro atoms. The van der Waals surface area contributed by atoms with Crippen LogP contribution in [0.5, 0.6) is 0 Å². The maximum absolute atomic E-state index is 13.1. The van der Waals surface area contributed by atoms with Crippen LogP contribution in [0.4, 0.5) is 5.69 Å². The fourth-order valence-corrected chi connectivity index (χ4v) is 4.98. The highest BCUT2D eigenvalue weighted by molar-refractivity contribution is 6.09. The van der Waals surface area contributed by atoms with E-state index in [4.69, 9.17) is 0 Å². The molecule has 1 aromatic rings. The summed E-state index contributed by atoms with van der Waals surface area (Å²) < 4.78 is 0. The van der Waals surface area contributed by atoms with Gasteiger partial charge in [0.05, 0.1) is 5.69 Å². The van der Waals surface area contributed by atoms with E-state index in [1.54, 1.807) is 0 Å². The van der Waals surface area contributed by atoms with Crippen LogP contribution in [0.3, 0.4) is 0 Å². The van der Waals surface area contributed by atoms with Crippen LogP contribution >= 0.6 is 0 Å². The van der Waals surface area contributed by atoms with Crippen molar-refractivity contribution in [1.29, 1.82) is 0 Å². The largest absolute Gasteiger partial charge is 0.278 e. The van der Waals surface area contributed by atoms with Crippen molar-refractivity contribution in [2.45, 2.75) is 26.7 Å². The van der Waals surface area contributed by atoms with Crippen LogP contribution in [0, 0.1) is 36.0 Å². The molecule has 0 unspecified atom stereocenters. The normalized spacial score (nSPS) is 33.2. The molecule has 1 aromatic carbocycles. The van der Waals surface area contributed by atoms with Gasteiger partial charge in [0.1, 0.15) is 0 Å². The number of allylic oxidation sites excluding steroid dienone is 2. The van der Waals surface area contributed by atoms with Gasteiger partial charge in [-0.15, -0.1) is 0 Å². The van der Waals surface area contributed by atoms with Gasteiger partial charge in [-0.05, 0) is 54.6 Å². The van der Waals surface area contributed by atoms with Gasteiger partial charge in [-0.25, -0.2) is 0 Å². The Hall–Kier alpha value is -1.90. The second-order valence-corrected chi connectivity index (χ2v) is 7.15. The molecule has 3 heteroatoms. The van der Waals surface area contributed by atoms with Crippen LogP contribution in [0.1, 0.15) is 25.3 Å². The van der Waals surface area contributed by atoms with Crippen LogP contribution in [0.15, 0.2) is 36.4 Å². The van der Waals surface area contributed by atoms with Crippen LogP contribution in [0.2, 0.25) is 0 Å². The van der Waals surface area contributed by atoms with Gasteiger partial charge in [0, 0.05) is 5.92 Å². The van der Waals surface area contributed by atoms with Crippen molar-refractivity contribution < 1.29 is 9.59 Å². The molecule has 2 bridgehead atoms. The summed E-state index contributed by atoms with van der Waals surface area (Å²) in [5, 5.41) is 0. The van der Waals surface area contributed by atoms with Gasteiger partial charge in [-0.3, -0.25) is 14.5 Å². The van der Waals surface area contributed by atoms with Crippen LogP contribution < -0.4 is 4.90 Å². The predicted molar refractivity (Wildman–Crippen MR) is 85.2 cm³/mol. The third kappa shape index (κ3) is 1.62. The number of carbonyl (C=O) groups is 2. The zero-order valence-electron chi connectivity index (χ0n) is 13.0. The summed E-state index contributed by atoms with van der Waals surface area (Å²) in [4.78, 5) is 26.1. The van der Waals surface area contributed by atoms with Gasteiger partial charge in [0.2, 0.25) is 12.3 Å². The highest BCUT2D eigenvalue weighted by Gasteiger charge is 2.67. The quantitative estimate of drug-likeness (QED) is 0.633. The first-order valence-corrected chi connectivity index (χ1v) is 8.12. The first-order valence-electron chi connectivity index (χ1n) is 8.12. The summed E-state index contributed by atoms with van der Waals surface area (Å²) in [6, 6.07) is 7.58. The van der Waals surface area contributed by atoms with Crippen molar-refractivity contribution in [3.8, 4) is 0 Å². The molecule has 0 aromatic heterocycles. The zero-order chi connectivity index (χ0) is 15.5. The summed E-state index contributed by atoms with van der Waals surface area (Å²) in [6.45, 7) is 4.11. The number of benzene rings is 1. The minimum absolute atomic E-state index is 0.0278. The van der Waals surface area contributed by atoms with E-state index in [9.17, 15) is 9.59 Å². The molecule has 2 saturated carbocycles. The smallest absolute Gasteiger partial charge is 0.237 e. The fourth-order valence-electron chi connectivity index (χ4n) is 4.98. The molecule has 4 rings (SSSR count). The monoisotopic (exact) mass is 295 g/mol. The van der Waals surface area contributed by atoms with Crippen molar-refractivity contribution in [2.24, 2.45) is 29.1 Å². The molecule has 0 heterocycles. The molecular weight excluding hydrogens is 274 g/mol. The molecule has 0 N–H and O–H groups in total. The summed E-state index contributed by atoms with van der Waals surface area (Å²) in [5.74, 6) is 1.10. The van der Waals surface area contributed by atoms with Crippen LogP contribution in [-0.2, 0) is 9.59 Å². The molecule has 0 radical (unpaired) electrons. The van der Waals surface area contributed by atoms with E-state index in [-0.39, 0.29) is 11.8 Å². The topological polar surface area (TPSA) is 37.4 Å². The SMILES string of the molecule is Cc1ccccc1N(C=O)C(=O)[C@@H]1[C@H](C)[C@H]2C=C[C@H]1C21CC1. The van der Waals surface area contributed by atoms with E-state index >= 15 is 0 Å². The maximum Gasteiger partial charge on any atom is 0.237 e. The molecule has 2 fully saturated rings. The number of hydrogen-bond acceptors (Lipinski definition) is 2. The number of hydrogen-bond donors (Lipinski definition) is 0. The van der Waals surface area contributed by atoms with Crippen LogP contribution in [0.25, 0.3) is 0 Å². The fraction of sp³-hybridized carbons (Fsp3) is 0.474. The summed E-state index contributed by atoms with van der Waals surface area (Å²) in [7, 11) is 0. The zero-order valence-corrected chi connectivity index (χ0v) is 13.0. The molecule has 0 saturated heterocycles. The lowest BCUT2D eigenvalue weighted by molar-refractivity contribution is -0.126. The van der Waals surface area contributed by atoms with E-state index in [1.165, 1.54) is 17.7 Å². The molecule has 0 aliphatic heterocycles. The van der Waals surface area contributed by atoms with E-state index in [0.717, 1.165) is 5.56 Å². The lowest BCUT2D eigenvalue weighted by Crippen LogP contribution is -2.40. The Morgan fingerprint density at radius 3 is 2.50 bits per heavy atom. The highest BCUT2D eigenvalue weighted by atomic mass is 16.2. The second kappa shape index (κ2) is 4.55. The summed E-state index contributed by atoms with van der Waals surface area (Å²) in [5.41, 5.74) is 2.02. The molecule has 22 heavy (non-hydrogen) atoms. The minimum Gasteiger partial charge on any atom is -0.278 e. The van der Waals surface area contributed by atoms with Gasteiger partial charge >= 0.3 is 0 Å². The van der Waals surface area contributed by atoms with Crippen molar-refractivity contribution in [3.05, 3.63) is 42.0 Å². The van der Waals surface area contributed by atoms with Gasteiger partial charge in [0.15, 0.2) is 0 Å². The van der Waals surface area contributed by atoms with Crippen molar-refractivity contribution in [3.63, 3.8) is 0 Å². The average Bonchev–Trinajstić information content (AvgIpc) is 3.17. The molecular formula is C19H21NO2. The molecule has 4 atom stereocenters. The second-order valence-electron chi connectivity index (χ2n) is 7.15. The molecule has 3 aliphatic rings. The van der Waals surface area contributed by atoms with Gasteiger partial charge < -0.3 is 0 Å². The molecule has 2 amide bonds. The number of carbonyl (C=O) groups excluding carboxylic acids is 2. The number of imide groups is 1. The lowest BCUT2D eigenvalue weighted by Gasteiger charge is -2.28. The van der Waals surface area contributed by atoms with Gasteiger partial charge in [-0.1, -0.05) is 37.3 Å². The Bertz CT molecular complexity index is 674. The third-order valence-corrected chi connectivity index (χ3v) is 6.20. The minimum atomic E-state index is -0.0534. The number of amides is 2. The van der Waals surface area contributed by atoms with Gasteiger partial charge in [-0.2, -0.15) is 0 Å². The number of aryl methyl sites for hydroxylation is 1.